The quantitative estimate of drug-likeness (QED) is 0.522. The summed E-state index contributed by atoms with van der Waals surface area (Å²) in [5, 5.41) is 2.24. The highest BCUT2D eigenvalue weighted by Crippen LogP contribution is 2.21. The number of ether oxygens (including phenoxy) is 1. The number of fused-ring (bicyclic) bond motifs is 1. The molecule has 0 atom stereocenters. The number of hydrogen-bond donors (Lipinski definition) is 0. The summed E-state index contributed by atoms with van der Waals surface area (Å²) in [6.07, 6.45) is 0. The summed E-state index contributed by atoms with van der Waals surface area (Å²) in [7, 11) is 0. The monoisotopic (exact) mass is 200 g/mol. The second-order valence-electron chi connectivity index (χ2n) is 3.61. The van der Waals surface area contributed by atoms with E-state index in [-0.39, 0.29) is 5.97 Å². The molecular formula is C13H12O2. The number of esters is 1. The fourth-order valence-electron chi connectivity index (χ4n) is 1.57. The van der Waals surface area contributed by atoms with Gasteiger partial charge in [0.25, 0.3) is 0 Å². The summed E-state index contributed by atoms with van der Waals surface area (Å²) in [5.41, 5.74) is 1.22. The summed E-state index contributed by atoms with van der Waals surface area (Å²) >= 11 is 0. The zero-order valence-corrected chi connectivity index (χ0v) is 8.78. The van der Waals surface area contributed by atoms with Gasteiger partial charge in [0, 0.05) is 6.92 Å². The van der Waals surface area contributed by atoms with Gasteiger partial charge in [0.15, 0.2) is 0 Å². The molecule has 0 aliphatic rings. The van der Waals surface area contributed by atoms with Crippen molar-refractivity contribution < 1.29 is 9.53 Å². The Morgan fingerprint density at radius 2 is 1.73 bits per heavy atom. The first-order valence-electron chi connectivity index (χ1n) is 4.84. The molecule has 0 heterocycles. The van der Waals surface area contributed by atoms with Crippen LogP contribution >= 0.6 is 0 Å². The predicted molar refractivity (Wildman–Crippen MR) is 60.0 cm³/mol. The second kappa shape index (κ2) is 3.73. The Hall–Kier alpha value is -1.83. The molecule has 2 nitrogen and oxygen atoms in total. The van der Waals surface area contributed by atoms with Gasteiger partial charge in [0.05, 0.1) is 0 Å². The van der Waals surface area contributed by atoms with Crippen LogP contribution in [0.4, 0.5) is 0 Å². The van der Waals surface area contributed by atoms with Gasteiger partial charge in [-0.05, 0) is 29.8 Å². The van der Waals surface area contributed by atoms with Crippen LogP contribution in [0.2, 0.25) is 0 Å². The summed E-state index contributed by atoms with van der Waals surface area (Å²) in [6, 6.07) is 11.8. The minimum Gasteiger partial charge on any atom is -0.427 e. The molecule has 0 spiro atoms. The van der Waals surface area contributed by atoms with Crippen molar-refractivity contribution in [3.63, 3.8) is 0 Å². The number of aryl methyl sites for hydroxylation is 1. The van der Waals surface area contributed by atoms with E-state index in [1.54, 1.807) is 0 Å². The number of carbonyl (C=O) groups excluding carboxylic acids is 1. The van der Waals surface area contributed by atoms with Crippen molar-refractivity contribution in [3.8, 4) is 5.75 Å². The molecule has 0 saturated carbocycles. The molecule has 15 heavy (non-hydrogen) atoms. The van der Waals surface area contributed by atoms with Gasteiger partial charge in [0.1, 0.15) is 5.75 Å². The van der Waals surface area contributed by atoms with Crippen molar-refractivity contribution in [2.24, 2.45) is 0 Å². The maximum absolute atomic E-state index is 10.8. The molecule has 2 aromatic carbocycles. The predicted octanol–water partition coefficient (Wildman–Crippen LogP) is 3.07. The van der Waals surface area contributed by atoms with E-state index in [9.17, 15) is 4.79 Å². The molecule has 0 aliphatic heterocycles. The lowest BCUT2D eigenvalue weighted by molar-refractivity contribution is -0.131. The van der Waals surface area contributed by atoms with Crippen LogP contribution in [0.15, 0.2) is 36.4 Å². The highest BCUT2D eigenvalue weighted by Gasteiger charge is 1.99. The number of rotatable bonds is 1. The first-order chi connectivity index (χ1) is 7.15. The molecule has 0 bridgehead atoms. The maximum atomic E-state index is 10.8. The average Bonchev–Trinajstić information content (AvgIpc) is 2.17. The molecule has 0 saturated heterocycles. The molecule has 0 amide bonds. The van der Waals surface area contributed by atoms with Crippen LogP contribution in [0, 0.1) is 6.92 Å². The Kier molecular flexibility index (Phi) is 2.42. The van der Waals surface area contributed by atoms with E-state index in [1.165, 1.54) is 12.5 Å². The minimum atomic E-state index is -0.290. The van der Waals surface area contributed by atoms with Crippen LogP contribution in [-0.2, 0) is 4.79 Å². The highest BCUT2D eigenvalue weighted by molar-refractivity contribution is 5.85. The summed E-state index contributed by atoms with van der Waals surface area (Å²) in [5.74, 6) is 0.306. The van der Waals surface area contributed by atoms with Gasteiger partial charge >= 0.3 is 5.97 Å². The summed E-state index contributed by atoms with van der Waals surface area (Å²) < 4.78 is 5.01. The van der Waals surface area contributed by atoms with Crippen molar-refractivity contribution in [2.45, 2.75) is 13.8 Å². The lowest BCUT2D eigenvalue weighted by Crippen LogP contribution is -2.00. The maximum Gasteiger partial charge on any atom is 0.308 e. The third kappa shape index (κ3) is 2.15. The van der Waals surface area contributed by atoms with E-state index in [0.717, 1.165) is 10.8 Å². The SMILES string of the molecule is CC(=O)Oc1ccc2cc(C)ccc2c1. The molecule has 76 valence electrons. The molecule has 0 N–H and O–H groups in total. The third-order valence-corrected chi connectivity index (χ3v) is 2.23. The van der Waals surface area contributed by atoms with E-state index in [0.29, 0.717) is 5.75 Å². The van der Waals surface area contributed by atoms with Crippen LogP contribution in [0.1, 0.15) is 12.5 Å². The Morgan fingerprint density at radius 3 is 2.47 bits per heavy atom. The first-order valence-corrected chi connectivity index (χ1v) is 4.84. The molecule has 0 aliphatic carbocycles. The zero-order valence-electron chi connectivity index (χ0n) is 8.78. The van der Waals surface area contributed by atoms with Gasteiger partial charge in [-0.2, -0.15) is 0 Å². The molecule has 2 rings (SSSR count). The molecule has 2 aromatic rings. The number of benzene rings is 2. The largest absolute Gasteiger partial charge is 0.427 e. The van der Waals surface area contributed by atoms with Crippen molar-refractivity contribution >= 4 is 16.7 Å². The smallest absolute Gasteiger partial charge is 0.308 e. The van der Waals surface area contributed by atoms with Crippen molar-refractivity contribution in [2.75, 3.05) is 0 Å². The molecule has 0 aromatic heterocycles. The zero-order chi connectivity index (χ0) is 10.8. The van der Waals surface area contributed by atoms with E-state index in [4.69, 9.17) is 4.74 Å². The Morgan fingerprint density at radius 1 is 1.07 bits per heavy atom. The third-order valence-electron chi connectivity index (χ3n) is 2.23. The van der Waals surface area contributed by atoms with Gasteiger partial charge in [-0.25, -0.2) is 0 Å². The van der Waals surface area contributed by atoms with Crippen LogP contribution < -0.4 is 4.74 Å². The highest BCUT2D eigenvalue weighted by atomic mass is 16.5. The van der Waals surface area contributed by atoms with E-state index in [2.05, 4.69) is 13.0 Å². The van der Waals surface area contributed by atoms with Gasteiger partial charge in [-0.3, -0.25) is 4.79 Å². The molecule has 0 fully saturated rings. The molecule has 0 radical (unpaired) electrons. The van der Waals surface area contributed by atoms with Gasteiger partial charge in [-0.15, -0.1) is 0 Å². The minimum absolute atomic E-state index is 0.290. The van der Waals surface area contributed by atoms with E-state index >= 15 is 0 Å². The Balaban J connectivity index is 2.47. The van der Waals surface area contributed by atoms with Crippen LogP contribution in [0.3, 0.4) is 0 Å². The summed E-state index contributed by atoms with van der Waals surface area (Å²) in [6.45, 7) is 3.46. The normalized spacial score (nSPS) is 10.3. The van der Waals surface area contributed by atoms with Crippen LogP contribution in [-0.4, -0.2) is 5.97 Å². The topological polar surface area (TPSA) is 26.3 Å². The Bertz CT molecular complexity index is 515. The Labute approximate surface area is 88.5 Å². The van der Waals surface area contributed by atoms with Crippen LogP contribution in [0.25, 0.3) is 10.8 Å². The lowest BCUT2D eigenvalue weighted by Gasteiger charge is -2.03. The van der Waals surface area contributed by atoms with Crippen LogP contribution in [0.5, 0.6) is 5.75 Å². The molecular weight excluding hydrogens is 188 g/mol. The average molecular weight is 200 g/mol. The second-order valence-corrected chi connectivity index (χ2v) is 3.61. The van der Waals surface area contributed by atoms with E-state index < -0.39 is 0 Å². The van der Waals surface area contributed by atoms with E-state index in [1.807, 2.05) is 30.3 Å². The summed E-state index contributed by atoms with van der Waals surface area (Å²) in [4.78, 5) is 10.8. The fraction of sp³-hybridized carbons (Fsp3) is 0.154. The molecule has 0 unspecified atom stereocenters. The lowest BCUT2D eigenvalue weighted by atomic mass is 10.1. The van der Waals surface area contributed by atoms with Gasteiger partial charge in [-0.1, -0.05) is 29.8 Å². The number of hydrogen-bond acceptors (Lipinski definition) is 2. The van der Waals surface area contributed by atoms with Crippen molar-refractivity contribution in [1.82, 2.24) is 0 Å². The first kappa shape index (κ1) is 9.71. The van der Waals surface area contributed by atoms with Crippen molar-refractivity contribution in [3.05, 3.63) is 42.0 Å². The molecule has 2 heteroatoms. The standard InChI is InChI=1S/C13H12O2/c1-9-3-4-12-8-13(15-10(2)14)6-5-11(12)7-9/h3-8H,1-2H3. The van der Waals surface area contributed by atoms with Crippen molar-refractivity contribution in [1.29, 1.82) is 0 Å². The van der Waals surface area contributed by atoms with Gasteiger partial charge in [0.2, 0.25) is 0 Å². The van der Waals surface area contributed by atoms with Gasteiger partial charge < -0.3 is 4.74 Å². The number of carbonyl (C=O) groups is 1. The fourth-order valence-corrected chi connectivity index (χ4v) is 1.57.